The molecule has 2 spiro atoms. The van der Waals surface area contributed by atoms with E-state index in [1.54, 1.807) is 0 Å². The van der Waals surface area contributed by atoms with E-state index in [4.69, 9.17) is 14.2 Å². The van der Waals surface area contributed by atoms with Crippen molar-refractivity contribution in [2.75, 3.05) is 6.61 Å². The van der Waals surface area contributed by atoms with Gasteiger partial charge in [-0.25, -0.2) is 0 Å². The van der Waals surface area contributed by atoms with Crippen LogP contribution in [0.4, 0.5) is 0 Å². The molecule has 0 aromatic carbocycles. The van der Waals surface area contributed by atoms with E-state index in [2.05, 4.69) is 27.7 Å². The summed E-state index contributed by atoms with van der Waals surface area (Å²) in [5.41, 5.74) is 0.353. The SMILES string of the molecule is CCCCCCCCCCCCCCCC(=O)O[C@H]1OC[C@]23O[C@H]2[C@@H]2CC(C)(C)C[C@@H]2[C@@]2(C)C[C@@]132. The number of epoxide rings is 1. The fourth-order valence-corrected chi connectivity index (χ4v) is 8.98. The molecule has 7 atom stereocenters. The number of carbonyl (C=O) groups is 1. The highest BCUT2D eigenvalue weighted by Crippen LogP contribution is 2.88. The molecular formula is C31H52O4. The van der Waals surface area contributed by atoms with Crippen LogP contribution in [-0.2, 0) is 19.0 Å². The van der Waals surface area contributed by atoms with Crippen molar-refractivity contribution in [3.05, 3.63) is 0 Å². The molecule has 0 radical (unpaired) electrons. The average molecular weight is 489 g/mol. The van der Waals surface area contributed by atoms with Crippen LogP contribution in [-0.4, -0.2) is 30.6 Å². The van der Waals surface area contributed by atoms with Crippen LogP contribution < -0.4 is 0 Å². The standard InChI is InChI=1S/C31H52O4/c1-5-6-7-8-9-10-11-12-13-14-15-16-17-18-25(32)34-27-30-21-29(30,4)24-20-28(2,3)19-23(24)26-31(30,35-26)22-33-27/h23-24,26-27H,5-22H2,1-4H3/t23-,24+,26+,27-,29-,30+,31+/m1/s1. The third kappa shape index (κ3) is 4.51. The molecule has 5 aliphatic rings. The predicted octanol–water partition coefficient (Wildman–Crippen LogP) is 7.97. The molecule has 2 aliphatic heterocycles. The van der Waals surface area contributed by atoms with Crippen LogP contribution in [0.5, 0.6) is 0 Å². The van der Waals surface area contributed by atoms with Gasteiger partial charge in [0.15, 0.2) is 0 Å². The summed E-state index contributed by atoms with van der Waals surface area (Å²) in [7, 11) is 0. The van der Waals surface area contributed by atoms with E-state index in [1.165, 1.54) is 83.5 Å². The largest absolute Gasteiger partial charge is 0.435 e. The number of fused-ring (bicyclic) bond motifs is 3. The van der Waals surface area contributed by atoms with Gasteiger partial charge in [-0.3, -0.25) is 4.79 Å². The average Bonchev–Trinajstić information content (AvgIpc) is 3.63. The Kier molecular flexibility index (Phi) is 7.38. The molecule has 2 heterocycles. The summed E-state index contributed by atoms with van der Waals surface area (Å²) in [6, 6.07) is 0. The van der Waals surface area contributed by atoms with Crippen molar-refractivity contribution in [3.63, 3.8) is 0 Å². The molecule has 0 amide bonds. The first-order valence-corrected chi connectivity index (χ1v) is 15.3. The first kappa shape index (κ1) is 26.0. The van der Waals surface area contributed by atoms with E-state index in [-0.39, 0.29) is 22.4 Å². The Morgan fingerprint density at radius 1 is 0.857 bits per heavy atom. The summed E-state index contributed by atoms with van der Waals surface area (Å²) in [5.74, 6) is 1.28. The second-order valence-corrected chi connectivity index (χ2v) is 14.0. The van der Waals surface area contributed by atoms with Gasteiger partial charge in [-0.2, -0.15) is 0 Å². The van der Waals surface area contributed by atoms with Gasteiger partial charge in [0, 0.05) is 6.42 Å². The third-order valence-electron chi connectivity index (χ3n) is 10.9. The maximum Gasteiger partial charge on any atom is 0.308 e. The van der Waals surface area contributed by atoms with E-state index in [9.17, 15) is 4.79 Å². The molecule has 0 bridgehead atoms. The van der Waals surface area contributed by atoms with Gasteiger partial charge >= 0.3 is 5.97 Å². The number of carbonyl (C=O) groups excluding carboxylic acids is 1. The number of hydrogen-bond acceptors (Lipinski definition) is 4. The van der Waals surface area contributed by atoms with Crippen molar-refractivity contribution in [3.8, 4) is 0 Å². The Bertz CT molecular complexity index is 763. The highest BCUT2D eigenvalue weighted by molar-refractivity contribution is 5.69. The minimum Gasteiger partial charge on any atom is -0.435 e. The highest BCUT2D eigenvalue weighted by atomic mass is 16.7. The molecule has 3 saturated carbocycles. The summed E-state index contributed by atoms with van der Waals surface area (Å²) >= 11 is 0. The van der Waals surface area contributed by atoms with Gasteiger partial charge in [-0.05, 0) is 48.3 Å². The summed E-state index contributed by atoms with van der Waals surface area (Å²) < 4.78 is 18.7. The normalized spacial score (nSPS) is 41.6. The lowest BCUT2D eigenvalue weighted by molar-refractivity contribution is -0.182. The lowest BCUT2D eigenvalue weighted by Gasteiger charge is -2.37. The number of ether oxygens (including phenoxy) is 3. The molecule has 35 heavy (non-hydrogen) atoms. The zero-order valence-electron chi connectivity index (χ0n) is 23.2. The molecule has 200 valence electrons. The van der Waals surface area contributed by atoms with Gasteiger partial charge in [-0.15, -0.1) is 0 Å². The molecule has 5 fully saturated rings. The first-order valence-electron chi connectivity index (χ1n) is 15.3. The third-order valence-corrected chi connectivity index (χ3v) is 10.9. The Balaban J connectivity index is 0.975. The molecule has 2 saturated heterocycles. The minimum atomic E-state index is -0.392. The number of unbranched alkanes of at least 4 members (excludes halogenated alkanes) is 12. The van der Waals surface area contributed by atoms with Crippen LogP contribution in [0.2, 0.25) is 0 Å². The van der Waals surface area contributed by atoms with Gasteiger partial charge in [0.25, 0.3) is 0 Å². The van der Waals surface area contributed by atoms with Crippen molar-refractivity contribution in [1.82, 2.24) is 0 Å². The molecule has 4 nitrogen and oxygen atoms in total. The second-order valence-electron chi connectivity index (χ2n) is 14.0. The lowest BCUT2D eigenvalue weighted by Crippen LogP contribution is -2.46. The summed E-state index contributed by atoms with van der Waals surface area (Å²) in [6.07, 6.45) is 21.2. The van der Waals surface area contributed by atoms with Crippen molar-refractivity contribution in [1.29, 1.82) is 0 Å². The van der Waals surface area contributed by atoms with Gasteiger partial charge in [0.05, 0.1) is 18.1 Å². The van der Waals surface area contributed by atoms with Crippen molar-refractivity contribution in [2.45, 2.75) is 155 Å². The van der Waals surface area contributed by atoms with Crippen LogP contribution in [0.3, 0.4) is 0 Å². The molecule has 0 N–H and O–H groups in total. The van der Waals surface area contributed by atoms with E-state index < -0.39 is 6.29 Å². The van der Waals surface area contributed by atoms with Crippen LogP contribution in [0.25, 0.3) is 0 Å². The van der Waals surface area contributed by atoms with Crippen molar-refractivity contribution in [2.24, 2.45) is 28.1 Å². The number of hydrogen-bond donors (Lipinski definition) is 0. The number of esters is 1. The van der Waals surface area contributed by atoms with E-state index in [0.29, 0.717) is 36.4 Å². The van der Waals surface area contributed by atoms with Crippen molar-refractivity contribution >= 4 is 5.97 Å². The van der Waals surface area contributed by atoms with Gasteiger partial charge < -0.3 is 14.2 Å². The quantitative estimate of drug-likeness (QED) is 0.133. The molecule has 0 aromatic heterocycles. The van der Waals surface area contributed by atoms with Gasteiger partial charge in [0.2, 0.25) is 6.29 Å². The zero-order valence-corrected chi connectivity index (χ0v) is 23.2. The van der Waals surface area contributed by atoms with Crippen LogP contribution in [0, 0.1) is 28.1 Å². The molecule has 0 aromatic rings. The molecule has 5 rings (SSSR count). The zero-order chi connectivity index (χ0) is 24.7. The highest BCUT2D eigenvalue weighted by Gasteiger charge is 2.95. The lowest BCUT2D eigenvalue weighted by atomic mass is 9.64. The molecule has 0 unspecified atom stereocenters. The minimum absolute atomic E-state index is 0.0650. The monoisotopic (exact) mass is 488 g/mol. The van der Waals surface area contributed by atoms with E-state index in [1.807, 2.05) is 0 Å². The molecular weight excluding hydrogens is 436 g/mol. The molecule has 3 aliphatic carbocycles. The Morgan fingerprint density at radius 2 is 1.46 bits per heavy atom. The van der Waals surface area contributed by atoms with E-state index >= 15 is 0 Å². The molecule has 4 heteroatoms. The van der Waals surface area contributed by atoms with Gasteiger partial charge in [0.1, 0.15) is 5.60 Å². The Morgan fingerprint density at radius 3 is 2.09 bits per heavy atom. The summed E-state index contributed by atoms with van der Waals surface area (Å²) in [5, 5.41) is 0. The maximum atomic E-state index is 12.7. The fraction of sp³-hybridized carbons (Fsp3) is 0.968. The summed E-state index contributed by atoms with van der Waals surface area (Å²) in [6.45, 7) is 10.2. The van der Waals surface area contributed by atoms with E-state index in [0.717, 1.165) is 19.3 Å². The maximum absolute atomic E-state index is 12.7. The smallest absolute Gasteiger partial charge is 0.308 e. The van der Waals surface area contributed by atoms with Gasteiger partial charge in [-0.1, -0.05) is 105 Å². The van der Waals surface area contributed by atoms with Crippen LogP contribution >= 0.6 is 0 Å². The van der Waals surface area contributed by atoms with Crippen molar-refractivity contribution < 1.29 is 19.0 Å². The summed E-state index contributed by atoms with van der Waals surface area (Å²) in [4.78, 5) is 12.7. The number of rotatable bonds is 15. The predicted molar refractivity (Wildman–Crippen MR) is 139 cm³/mol. The Labute approximate surface area is 214 Å². The second kappa shape index (κ2) is 9.93. The van der Waals surface area contributed by atoms with Crippen LogP contribution in [0.1, 0.15) is 137 Å². The van der Waals surface area contributed by atoms with Crippen LogP contribution in [0.15, 0.2) is 0 Å². The first-order chi connectivity index (χ1) is 16.8. The Hall–Kier alpha value is -0.610. The topological polar surface area (TPSA) is 48.1 Å². The fourth-order valence-electron chi connectivity index (χ4n) is 8.98.